The lowest BCUT2D eigenvalue weighted by atomic mass is 10.3. The van der Waals surface area contributed by atoms with Gasteiger partial charge < -0.3 is 15.4 Å². The molecule has 2 rings (SSSR count). The van der Waals surface area contributed by atoms with Gasteiger partial charge in [-0.05, 0) is 32.2 Å². The van der Waals surface area contributed by atoms with Crippen LogP contribution in [0.3, 0.4) is 0 Å². The summed E-state index contributed by atoms with van der Waals surface area (Å²) in [6.45, 7) is 7.98. The van der Waals surface area contributed by atoms with Gasteiger partial charge in [-0.1, -0.05) is 0 Å². The summed E-state index contributed by atoms with van der Waals surface area (Å²) in [6.07, 6.45) is 2.64. The molecule has 20 heavy (non-hydrogen) atoms. The first-order chi connectivity index (χ1) is 8.74. The van der Waals surface area contributed by atoms with E-state index in [9.17, 15) is 4.79 Å². The molecule has 1 atom stereocenters. The van der Waals surface area contributed by atoms with E-state index in [4.69, 9.17) is 4.74 Å². The van der Waals surface area contributed by atoms with E-state index in [1.165, 1.54) is 12.8 Å². The van der Waals surface area contributed by atoms with E-state index in [1.807, 2.05) is 0 Å². The van der Waals surface area contributed by atoms with E-state index in [0.717, 1.165) is 45.3 Å². The molecular formula is C13H27Cl2N3O2. The van der Waals surface area contributed by atoms with Gasteiger partial charge in [-0.3, -0.25) is 9.69 Å². The molecule has 2 N–H and O–H groups in total. The molecule has 2 aliphatic rings. The van der Waals surface area contributed by atoms with E-state index in [0.29, 0.717) is 6.54 Å². The lowest BCUT2D eigenvalue weighted by molar-refractivity contribution is -0.121. The molecule has 0 aromatic rings. The van der Waals surface area contributed by atoms with Crippen LogP contribution in [0.1, 0.15) is 19.8 Å². The number of hydrogen-bond donors (Lipinski definition) is 2. The second kappa shape index (κ2) is 10.6. The first-order valence-corrected chi connectivity index (χ1v) is 7.04. The molecule has 1 aliphatic heterocycles. The van der Waals surface area contributed by atoms with Crippen molar-refractivity contribution in [2.24, 2.45) is 5.92 Å². The highest BCUT2D eigenvalue weighted by molar-refractivity contribution is 5.85. The summed E-state index contributed by atoms with van der Waals surface area (Å²) in [7, 11) is 0. The molecule has 0 spiro atoms. The number of amides is 1. The van der Waals surface area contributed by atoms with Crippen molar-refractivity contribution >= 4 is 30.7 Å². The van der Waals surface area contributed by atoms with Crippen LogP contribution in [-0.2, 0) is 9.53 Å². The highest BCUT2D eigenvalue weighted by Gasteiger charge is 2.21. The Labute approximate surface area is 134 Å². The molecule has 1 heterocycles. The lowest BCUT2D eigenvalue weighted by Crippen LogP contribution is -2.47. The normalized spacial score (nSPS) is 20.4. The summed E-state index contributed by atoms with van der Waals surface area (Å²) in [4.78, 5) is 14.0. The zero-order chi connectivity index (χ0) is 12.8. The number of morpholine rings is 1. The van der Waals surface area contributed by atoms with Crippen molar-refractivity contribution in [3.05, 3.63) is 0 Å². The van der Waals surface area contributed by atoms with Crippen LogP contribution in [0, 0.1) is 5.92 Å². The summed E-state index contributed by atoms with van der Waals surface area (Å²) in [5, 5.41) is 6.25. The molecule has 0 radical (unpaired) electrons. The third-order valence-corrected chi connectivity index (χ3v) is 3.46. The predicted octanol–water partition coefficient (Wildman–Crippen LogP) is 0.666. The Morgan fingerprint density at radius 3 is 2.55 bits per heavy atom. The molecule has 120 valence electrons. The minimum Gasteiger partial charge on any atom is -0.379 e. The van der Waals surface area contributed by atoms with Crippen molar-refractivity contribution in [1.29, 1.82) is 0 Å². The van der Waals surface area contributed by atoms with Gasteiger partial charge in [0.05, 0.1) is 19.8 Å². The minimum atomic E-state index is 0. The van der Waals surface area contributed by atoms with Crippen LogP contribution < -0.4 is 10.6 Å². The molecule has 0 aromatic heterocycles. The van der Waals surface area contributed by atoms with Crippen molar-refractivity contribution in [3.63, 3.8) is 0 Å². The van der Waals surface area contributed by atoms with Gasteiger partial charge in [0.1, 0.15) is 0 Å². The van der Waals surface area contributed by atoms with Gasteiger partial charge in [-0.15, -0.1) is 24.8 Å². The standard InChI is InChI=1S/C13H25N3O2.2ClH/c1-11(10-16-4-6-18-7-5-16)15-13(17)9-14-8-12-2-3-12;;/h11-12,14H,2-10H2,1H3,(H,15,17);2*1H. The molecule has 1 amide bonds. The van der Waals surface area contributed by atoms with Crippen molar-refractivity contribution in [2.75, 3.05) is 45.9 Å². The van der Waals surface area contributed by atoms with Gasteiger partial charge in [0.15, 0.2) is 0 Å². The van der Waals surface area contributed by atoms with E-state index in [-0.39, 0.29) is 36.8 Å². The fraction of sp³-hybridized carbons (Fsp3) is 0.923. The number of ether oxygens (including phenoxy) is 1. The third-order valence-electron chi connectivity index (χ3n) is 3.46. The number of carbonyl (C=O) groups excluding carboxylic acids is 1. The molecule has 1 saturated heterocycles. The summed E-state index contributed by atoms with van der Waals surface area (Å²) < 4.78 is 5.30. The lowest BCUT2D eigenvalue weighted by Gasteiger charge is -2.29. The van der Waals surface area contributed by atoms with Crippen LogP contribution in [0.15, 0.2) is 0 Å². The smallest absolute Gasteiger partial charge is 0.234 e. The molecular weight excluding hydrogens is 301 g/mol. The number of hydrogen-bond acceptors (Lipinski definition) is 4. The molecule has 1 saturated carbocycles. The molecule has 1 aliphatic carbocycles. The van der Waals surface area contributed by atoms with Gasteiger partial charge in [0, 0.05) is 25.7 Å². The average Bonchev–Trinajstić information content (AvgIpc) is 3.14. The van der Waals surface area contributed by atoms with E-state index in [1.54, 1.807) is 0 Å². The Morgan fingerprint density at radius 2 is 1.95 bits per heavy atom. The third kappa shape index (κ3) is 8.27. The maximum absolute atomic E-state index is 11.7. The summed E-state index contributed by atoms with van der Waals surface area (Å²) in [5.74, 6) is 0.931. The maximum Gasteiger partial charge on any atom is 0.234 e. The Morgan fingerprint density at radius 1 is 1.30 bits per heavy atom. The van der Waals surface area contributed by atoms with Crippen molar-refractivity contribution < 1.29 is 9.53 Å². The molecule has 2 fully saturated rings. The monoisotopic (exact) mass is 327 g/mol. The van der Waals surface area contributed by atoms with Gasteiger partial charge in [-0.25, -0.2) is 0 Å². The van der Waals surface area contributed by atoms with E-state index in [2.05, 4.69) is 22.5 Å². The fourth-order valence-corrected chi connectivity index (χ4v) is 2.25. The van der Waals surface area contributed by atoms with Gasteiger partial charge >= 0.3 is 0 Å². The predicted molar refractivity (Wildman–Crippen MR) is 85.0 cm³/mol. The fourth-order valence-electron chi connectivity index (χ4n) is 2.25. The molecule has 0 aromatic carbocycles. The summed E-state index contributed by atoms with van der Waals surface area (Å²) in [6, 6.07) is 0.207. The number of nitrogens with one attached hydrogen (secondary N) is 2. The molecule has 5 nitrogen and oxygen atoms in total. The van der Waals surface area contributed by atoms with Crippen molar-refractivity contribution in [1.82, 2.24) is 15.5 Å². The summed E-state index contributed by atoms with van der Waals surface area (Å²) in [5.41, 5.74) is 0. The van der Waals surface area contributed by atoms with Crippen molar-refractivity contribution in [3.8, 4) is 0 Å². The van der Waals surface area contributed by atoms with Crippen LogP contribution in [-0.4, -0.2) is 62.8 Å². The maximum atomic E-state index is 11.7. The SMILES string of the molecule is CC(CN1CCOCC1)NC(=O)CNCC1CC1.Cl.Cl. The zero-order valence-corrected chi connectivity index (χ0v) is 13.7. The molecule has 7 heteroatoms. The average molecular weight is 328 g/mol. The topological polar surface area (TPSA) is 53.6 Å². The summed E-state index contributed by atoms with van der Waals surface area (Å²) >= 11 is 0. The second-order valence-electron chi connectivity index (χ2n) is 5.46. The molecule has 0 bridgehead atoms. The zero-order valence-electron chi connectivity index (χ0n) is 12.1. The number of halogens is 2. The van der Waals surface area contributed by atoms with Gasteiger partial charge in [0.25, 0.3) is 0 Å². The van der Waals surface area contributed by atoms with Gasteiger partial charge in [-0.2, -0.15) is 0 Å². The van der Waals surface area contributed by atoms with Crippen LogP contribution >= 0.6 is 24.8 Å². The van der Waals surface area contributed by atoms with Crippen LogP contribution in [0.4, 0.5) is 0 Å². The van der Waals surface area contributed by atoms with Gasteiger partial charge in [0.2, 0.25) is 5.91 Å². The number of nitrogens with zero attached hydrogens (tertiary/aromatic N) is 1. The largest absolute Gasteiger partial charge is 0.379 e. The molecule has 1 unspecified atom stereocenters. The second-order valence-corrected chi connectivity index (χ2v) is 5.46. The Bertz CT molecular complexity index is 272. The van der Waals surface area contributed by atoms with Crippen molar-refractivity contribution in [2.45, 2.75) is 25.8 Å². The Kier molecular flexibility index (Phi) is 10.6. The Balaban J connectivity index is 0.00000180. The highest BCUT2D eigenvalue weighted by atomic mass is 35.5. The quantitative estimate of drug-likeness (QED) is 0.721. The highest BCUT2D eigenvalue weighted by Crippen LogP contribution is 2.27. The van der Waals surface area contributed by atoms with E-state index >= 15 is 0 Å². The van der Waals surface area contributed by atoms with Crippen LogP contribution in [0.2, 0.25) is 0 Å². The number of rotatable bonds is 7. The van der Waals surface area contributed by atoms with E-state index < -0.39 is 0 Å². The minimum absolute atomic E-state index is 0. The first-order valence-electron chi connectivity index (χ1n) is 7.04. The Hall–Kier alpha value is -0.0700. The van der Waals surface area contributed by atoms with Crippen LogP contribution in [0.25, 0.3) is 0 Å². The first kappa shape index (κ1) is 19.9. The number of carbonyl (C=O) groups is 1. The van der Waals surface area contributed by atoms with Crippen LogP contribution in [0.5, 0.6) is 0 Å².